The Bertz CT molecular complexity index is 580. The number of nitrogens with one attached hydrogen (secondary N) is 1. The molecule has 3 atom stereocenters. The van der Waals surface area contributed by atoms with Gasteiger partial charge in [0.15, 0.2) is 0 Å². The van der Waals surface area contributed by atoms with Gasteiger partial charge in [-0.15, -0.1) is 5.10 Å². The van der Waals surface area contributed by atoms with Crippen LogP contribution in [-0.2, 0) is 0 Å². The largest absolute Gasteiger partial charge is 0.323 e. The van der Waals surface area contributed by atoms with E-state index in [0.29, 0.717) is 11.2 Å². The average Bonchev–Trinajstić information content (AvgIpc) is 2.81. The van der Waals surface area contributed by atoms with Crippen molar-refractivity contribution in [3.8, 4) is 0 Å². The maximum Gasteiger partial charge on any atom is 0.208 e. The molecule has 3 N–H and O–H groups in total. The second-order valence-electron chi connectivity index (χ2n) is 5.15. The van der Waals surface area contributed by atoms with Gasteiger partial charge < -0.3 is 5.73 Å². The van der Waals surface area contributed by atoms with Gasteiger partial charge in [-0.1, -0.05) is 43.0 Å². The van der Waals surface area contributed by atoms with Crippen LogP contribution in [0.4, 0.5) is 0 Å². The van der Waals surface area contributed by atoms with E-state index in [1.54, 1.807) is 11.8 Å². The summed E-state index contributed by atoms with van der Waals surface area (Å²) >= 11 is 1.68. The minimum absolute atomic E-state index is 0.0520. The van der Waals surface area contributed by atoms with E-state index in [4.69, 9.17) is 5.73 Å². The molecule has 1 aromatic heterocycles. The highest BCUT2D eigenvalue weighted by atomic mass is 32.2. The minimum atomic E-state index is 0.0520. The molecule has 3 rings (SSSR count). The molecule has 5 heteroatoms. The number of nitrogens with zero attached hydrogens (tertiary/aromatic N) is 2. The molecular formula is C14H18N4S. The molecule has 19 heavy (non-hydrogen) atoms. The van der Waals surface area contributed by atoms with E-state index in [0.717, 1.165) is 17.4 Å². The molecule has 1 aliphatic rings. The van der Waals surface area contributed by atoms with Crippen LogP contribution in [0.3, 0.4) is 0 Å². The molecule has 100 valence electrons. The van der Waals surface area contributed by atoms with Crippen molar-refractivity contribution >= 4 is 11.8 Å². The van der Waals surface area contributed by atoms with Crippen LogP contribution in [0.2, 0.25) is 0 Å². The first-order valence-electron chi connectivity index (χ1n) is 6.55. The van der Waals surface area contributed by atoms with Gasteiger partial charge in [-0.25, -0.2) is 4.98 Å². The van der Waals surface area contributed by atoms with Gasteiger partial charge in [0, 0.05) is 11.3 Å². The number of H-pyrrole nitrogens is 1. The maximum absolute atomic E-state index is 6.42. The fourth-order valence-corrected chi connectivity index (χ4v) is 3.95. The normalized spacial score (nSPS) is 26.2. The molecule has 0 spiro atoms. The molecule has 0 saturated carbocycles. The van der Waals surface area contributed by atoms with Gasteiger partial charge in [0.25, 0.3) is 0 Å². The summed E-state index contributed by atoms with van der Waals surface area (Å²) in [6.07, 6.45) is 1.07. The van der Waals surface area contributed by atoms with E-state index in [-0.39, 0.29) is 6.04 Å². The highest BCUT2D eigenvalue weighted by molar-refractivity contribution is 7.99. The van der Waals surface area contributed by atoms with Crippen LogP contribution in [0, 0.1) is 6.92 Å². The van der Waals surface area contributed by atoms with Crippen molar-refractivity contribution in [3.63, 3.8) is 0 Å². The number of nitrogens with two attached hydrogens (primary N) is 1. The molecule has 0 aliphatic heterocycles. The summed E-state index contributed by atoms with van der Waals surface area (Å²) in [6, 6.07) is 8.55. The molecule has 1 aromatic carbocycles. The second-order valence-corrected chi connectivity index (χ2v) is 6.36. The number of benzene rings is 1. The number of hydrogen-bond donors (Lipinski definition) is 2. The maximum atomic E-state index is 6.42. The summed E-state index contributed by atoms with van der Waals surface area (Å²) in [4.78, 5) is 4.36. The summed E-state index contributed by atoms with van der Waals surface area (Å²) in [5, 5.41) is 8.21. The molecule has 0 fully saturated rings. The summed E-state index contributed by atoms with van der Waals surface area (Å²) in [6.45, 7) is 4.18. The van der Waals surface area contributed by atoms with Crippen LogP contribution in [0.1, 0.15) is 42.3 Å². The third-order valence-corrected chi connectivity index (χ3v) is 4.89. The molecule has 0 bridgehead atoms. The van der Waals surface area contributed by atoms with Crippen molar-refractivity contribution in [1.82, 2.24) is 15.2 Å². The molecule has 0 radical (unpaired) electrons. The number of rotatable bonds is 2. The lowest BCUT2D eigenvalue weighted by atomic mass is 9.81. The molecule has 4 nitrogen and oxygen atoms in total. The molecular weight excluding hydrogens is 256 g/mol. The van der Waals surface area contributed by atoms with E-state index >= 15 is 0 Å². The quantitative estimate of drug-likeness (QED) is 0.883. The van der Waals surface area contributed by atoms with Crippen LogP contribution < -0.4 is 5.73 Å². The van der Waals surface area contributed by atoms with Crippen molar-refractivity contribution in [2.24, 2.45) is 5.73 Å². The smallest absolute Gasteiger partial charge is 0.208 e. The van der Waals surface area contributed by atoms with Crippen molar-refractivity contribution < 1.29 is 0 Å². The Morgan fingerprint density at radius 3 is 2.74 bits per heavy atom. The van der Waals surface area contributed by atoms with Crippen molar-refractivity contribution in [3.05, 3.63) is 41.2 Å². The molecule has 3 unspecified atom stereocenters. The summed E-state index contributed by atoms with van der Waals surface area (Å²) in [7, 11) is 0. The SMILES string of the molecule is Cc1nc(SC2CC(C)c3ccccc3C2N)n[nH]1. The van der Waals surface area contributed by atoms with Gasteiger partial charge in [0.2, 0.25) is 5.16 Å². The van der Waals surface area contributed by atoms with Gasteiger partial charge in [0.1, 0.15) is 5.82 Å². The number of fused-ring (bicyclic) bond motifs is 1. The number of hydrogen-bond acceptors (Lipinski definition) is 4. The predicted octanol–water partition coefficient (Wildman–Crippen LogP) is 2.78. The fraction of sp³-hybridized carbons (Fsp3) is 0.429. The molecule has 0 saturated heterocycles. The highest BCUT2D eigenvalue weighted by Gasteiger charge is 2.32. The van der Waals surface area contributed by atoms with Gasteiger partial charge in [-0.05, 0) is 30.4 Å². The molecule has 1 aliphatic carbocycles. The summed E-state index contributed by atoms with van der Waals surface area (Å²) in [5.41, 5.74) is 9.08. The third-order valence-electron chi connectivity index (χ3n) is 3.71. The van der Waals surface area contributed by atoms with E-state index in [1.807, 2.05) is 6.92 Å². The van der Waals surface area contributed by atoms with E-state index < -0.39 is 0 Å². The van der Waals surface area contributed by atoms with Crippen LogP contribution in [0.25, 0.3) is 0 Å². The third kappa shape index (κ3) is 2.40. The Labute approximate surface area is 117 Å². The minimum Gasteiger partial charge on any atom is -0.323 e. The number of aryl methyl sites for hydroxylation is 1. The Hall–Kier alpha value is -1.33. The standard InChI is InChI=1S/C14H18N4S/c1-8-7-12(19-14-16-9(2)17-18-14)13(15)11-6-4-3-5-10(8)11/h3-6,8,12-13H,7,15H2,1-2H3,(H,16,17,18). The Balaban J connectivity index is 1.85. The van der Waals surface area contributed by atoms with Crippen molar-refractivity contribution in [2.45, 2.75) is 42.6 Å². The molecule has 0 amide bonds. The first-order chi connectivity index (χ1) is 9.15. The van der Waals surface area contributed by atoms with E-state index in [9.17, 15) is 0 Å². The molecule has 1 heterocycles. The van der Waals surface area contributed by atoms with Gasteiger partial charge >= 0.3 is 0 Å². The van der Waals surface area contributed by atoms with Crippen molar-refractivity contribution in [1.29, 1.82) is 0 Å². The van der Waals surface area contributed by atoms with Crippen LogP contribution in [-0.4, -0.2) is 20.4 Å². The molecule has 2 aromatic rings. The zero-order valence-electron chi connectivity index (χ0n) is 11.1. The lowest BCUT2D eigenvalue weighted by Crippen LogP contribution is -2.31. The van der Waals surface area contributed by atoms with Crippen LogP contribution in [0.15, 0.2) is 29.4 Å². The Morgan fingerprint density at radius 2 is 2.05 bits per heavy atom. The van der Waals surface area contributed by atoms with Crippen LogP contribution >= 0.6 is 11.8 Å². The number of aromatic amines is 1. The second kappa shape index (κ2) is 4.98. The lowest BCUT2D eigenvalue weighted by Gasteiger charge is -2.33. The van der Waals surface area contributed by atoms with Gasteiger partial charge in [-0.3, -0.25) is 5.10 Å². The van der Waals surface area contributed by atoms with Crippen molar-refractivity contribution in [2.75, 3.05) is 0 Å². The highest BCUT2D eigenvalue weighted by Crippen LogP contribution is 2.42. The topological polar surface area (TPSA) is 67.6 Å². The predicted molar refractivity (Wildman–Crippen MR) is 77.2 cm³/mol. The summed E-state index contributed by atoms with van der Waals surface area (Å²) in [5.74, 6) is 1.38. The zero-order chi connectivity index (χ0) is 13.4. The first-order valence-corrected chi connectivity index (χ1v) is 7.43. The van der Waals surface area contributed by atoms with E-state index in [1.165, 1.54) is 11.1 Å². The lowest BCUT2D eigenvalue weighted by molar-refractivity contribution is 0.527. The zero-order valence-corrected chi connectivity index (χ0v) is 11.9. The number of thioether (sulfide) groups is 1. The Morgan fingerprint density at radius 1 is 1.32 bits per heavy atom. The summed E-state index contributed by atoms with van der Waals surface area (Å²) < 4.78 is 0. The van der Waals surface area contributed by atoms with Gasteiger partial charge in [-0.2, -0.15) is 0 Å². The Kier molecular flexibility index (Phi) is 3.33. The van der Waals surface area contributed by atoms with E-state index in [2.05, 4.69) is 46.4 Å². The fourth-order valence-electron chi connectivity index (χ4n) is 2.72. The van der Waals surface area contributed by atoms with Gasteiger partial charge in [0.05, 0.1) is 0 Å². The monoisotopic (exact) mass is 274 g/mol. The average molecular weight is 274 g/mol. The van der Waals surface area contributed by atoms with Crippen LogP contribution in [0.5, 0.6) is 0 Å². The number of aromatic nitrogens is 3. The first kappa shape index (κ1) is 12.7.